The van der Waals surface area contributed by atoms with Gasteiger partial charge >= 0.3 is 6.09 Å². The predicted octanol–water partition coefficient (Wildman–Crippen LogP) is 1.86. The number of pyridine rings is 1. The summed E-state index contributed by atoms with van der Waals surface area (Å²) in [6, 6.07) is 3.36. The molecule has 0 unspecified atom stereocenters. The van der Waals surface area contributed by atoms with Crippen molar-refractivity contribution in [2.75, 3.05) is 13.1 Å². The van der Waals surface area contributed by atoms with Crippen LogP contribution < -0.4 is 5.56 Å². The number of nitrogens with zero attached hydrogens (tertiary/aromatic N) is 4. The fourth-order valence-corrected chi connectivity index (χ4v) is 3.12. The molecule has 2 aromatic heterocycles. The van der Waals surface area contributed by atoms with Crippen LogP contribution in [0, 0.1) is 0 Å². The Hall–Kier alpha value is -2.48. The second-order valence-corrected chi connectivity index (χ2v) is 7.47. The van der Waals surface area contributed by atoms with Crippen LogP contribution in [0.3, 0.4) is 0 Å². The zero-order chi connectivity index (χ0) is 18.9. The zero-order valence-electron chi connectivity index (χ0n) is 15.3. The number of aliphatic hydroxyl groups is 1. The maximum Gasteiger partial charge on any atom is 0.410 e. The highest BCUT2D eigenvalue weighted by Crippen LogP contribution is 2.25. The lowest BCUT2D eigenvalue weighted by Crippen LogP contribution is -2.43. The molecule has 1 saturated heterocycles. The van der Waals surface area contributed by atoms with Gasteiger partial charge in [-0.3, -0.25) is 9.36 Å². The van der Waals surface area contributed by atoms with Crippen LogP contribution in [0.4, 0.5) is 4.79 Å². The first-order valence-electron chi connectivity index (χ1n) is 8.74. The summed E-state index contributed by atoms with van der Waals surface area (Å²) in [6.07, 6.45) is 2.22. The lowest BCUT2D eigenvalue weighted by atomic mass is 10.0. The number of amides is 1. The number of carbonyl (C=O) groups is 1. The molecule has 0 bridgehead atoms. The molecule has 140 valence electrons. The normalized spacial score (nSPS) is 16.1. The van der Waals surface area contributed by atoms with Gasteiger partial charge in [-0.2, -0.15) is 0 Å². The van der Waals surface area contributed by atoms with E-state index in [0.717, 1.165) is 0 Å². The number of aliphatic hydroxyl groups excluding tert-OH is 1. The van der Waals surface area contributed by atoms with Crippen LogP contribution in [0.1, 0.15) is 45.3 Å². The van der Waals surface area contributed by atoms with Crippen molar-refractivity contribution in [3.8, 4) is 0 Å². The Morgan fingerprint density at radius 2 is 2.00 bits per heavy atom. The number of fused-ring (bicyclic) bond motifs is 1. The second kappa shape index (κ2) is 7.03. The summed E-state index contributed by atoms with van der Waals surface area (Å²) < 4.78 is 7.04. The molecule has 1 aliphatic heterocycles. The van der Waals surface area contributed by atoms with Crippen molar-refractivity contribution in [2.45, 2.75) is 51.9 Å². The molecule has 0 saturated carbocycles. The summed E-state index contributed by atoms with van der Waals surface area (Å²) in [4.78, 5) is 34.8. The van der Waals surface area contributed by atoms with E-state index in [2.05, 4.69) is 9.97 Å². The predicted molar refractivity (Wildman–Crippen MR) is 95.8 cm³/mol. The van der Waals surface area contributed by atoms with E-state index in [-0.39, 0.29) is 24.3 Å². The quantitative estimate of drug-likeness (QED) is 0.878. The highest BCUT2D eigenvalue weighted by atomic mass is 16.6. The summed E-state index contributed by atoms with van der Waals surface area (Å²) >= 11 is 0. The minimum absolute atomic E-state index is 0.0758. The molecule has 3 heterocycles. The van der Waals surface area contributed by atoms with Crippen LogP contribution in [0.2, 0.25) is 0 Å². The van der Waals surface area contributed by atoms with Crippen LogP contribution in [0.25, 0.3) is 11.2 Å². The largest absolute Gasteiger partial charge is 0.444 e. The average Bonchev–Trinajstić information content (AvgIpc) is 2.60. The van der Waals surface area contributed by atoms with E-state index in [0.29, 0.717) is 42.8 Å². The maximum atomic E-state index is 12.4. The number of piperidine rings is 1. The number of likely N-dealkylation sites (tertiary alicyclic amines) is 1. The number of ether oxygens (including phenoxy) is 1. The third kappa shape index (κ3) is 3.85. The molecule has 1 amide bonds. The molecule has 0 atom stereocenters. The van der Waals surface area contributed by atoms with Gasteiger partial charge in [0.1, 0.15) is 11.1 Å². The molecular formula is C18H24N4O4. The van der Waals surface area contributed by atoms with Crippen LogP contribution in [-0.2, 0) is 11.3 Å². The lowest BCUT2D eigenvalue weighted by Gasteiger charge is -2.34. The standard InChI is InChI=1S/C18H24N4O4/c1-18(2,3)26-17(25)21-8-6-13(7-9-21)22-15(24)10-19-14-5-4-12(11-23)20-16(14)22/h4-5,10,13,23H,6-9,11H2,1-3H3. The molecule has 0 radical (unpaired) electrons. The average molecular weight is 360 g/mol. The van der Waals surface area contributed by atoms with E-state index in [1.807, 2.05) is 20.8 Å². The van der Waals surface area contributed by atoms with E-state index in [4.69, 9.17) is 4.74 Å². The number of hydrogen-bond acceptors (Lipinski definition) is 6. The van der Waals surface area contributed by atoms with Crippen LogP contribution >= 0.6 is 0 Å². The maximum absolute atomic E-state index is 12.4. The molecule has 1 N–H and O–H groups in total. The van der Waals surface area contributed by atoms with Gasteiger partial charge in [-0.1, -0.05) is 0 Å². The van der Waals surface area contributed by atoms with Crippen molar-refractivity contribution < 1.29 is 14.6 Å². The Bertz CT molecular complexity index is 864. The Labute approximate surface area is 151 Å². The molecular weight excluding hydrogens is 336 g/mol. The SMILES string of the molecule is CC(C)(C)OC(=O)N1CCC(n2c(=O)cnc3ccc(CO)nc32)CC1. The van der Waals surface area contributed by atoms with Crippen LogP contribution in [0.15, 0.2) is 23.1 Å². The molecule has 1 fully saturated rings. The molecule has 0 aliphatic carbocycles. The smallest absolute Gasteiger partial charge is 0.410 e. The number of hydrogen-bond donors (Lipinski definition) is 1. The van der Waals surface area contributed by atoms with Gasteiger partial charge in [0.15, 0.2) is 5.65 Å². The van der Waals surface area contributed by atoms with Crippen LogP contribution in [0.5, 0.6) is 0 Å². The fraction of sp³-hybridized carbons (Fsp3) is 0.556. The second-order valence-electron chi connectivity index (χ2n) is 7.47. The summed E-state index contributed by atoms with van der Waals surface area (Å²) in [6.45, 7) is 6.33. The molecule has 2 aromatic rings. The van der Waals surface area contributed by atoms with Crippen molar-refractivity contribution in [1.29, 1.82) is 0 Å². The lowest BCUT2D eigenvalue weighted by molar-refractivity contribution is 0.0188. The summed E-state index contributed by atoms with van der Waals surface area (Å²) in [5.74, 6) is 0. The summed E-state index contributed by atoms with van der Waals surface area (Å²) in [7, 11) is 0. The van der Waals surface area contributed by atoms with Gasteiger partial charge in [-0.25, -0.2) is 14.8 Å². The van der Waals surface area contributed by atoms with Crippen molar-refractivity contribution in [2.24, 2.45) is 0 Å². The van der Waals surface area contributed by atoms with Gasteiger partial charge < -0.3 is 14.7 Å². The van der Waals surface area contributed by atoms with E-state index < -0.39 is 5.60 Å². The summed E-state index contributed by atoms with van der Waals surface area (Å²) in [5.41, 5.74) is 0.813. The van der Waals surface area contributed by atoms with Crippen molar-refractivity contribution in [3.63, 3.8) is 0 Å². The topological polar surface area (TPSA) is 97.6 Å². The van der Waals surface area contributed by atoms with Gasteiger partial charge in [0.05, 0.1) is 18.5 Å². The third-order valence-corrected chi connectivity index (χ3v) is 4.34. The molecule has 0 aromatic carbocycles. The first-order chi connectivity index (χ1) is 12.3. The van der Waals surface area contributed by atoms with Crippen molar-refractivity contribution in [3.05, 3.63) is 34.4 Å². The fourth-order valence-electron chi connectivity index (χ4n) is 3.12. The van der Waals surface area contributed by atoms with E-state index in [1.54, 1.807) is 21.6 Å². The minimum atomic E-state index is -0.531. The van der Waals surface area contributed by atoms with Gasteiger partial charge in [0, 0.05) is 19.1 Å². The Morgan fingerprint density at radius 3 is 2.62 bits per heavy atom. The summed E-state index contributed by atoms with van der Waals surface area (Å²) in [5, 5.41) is 9.33. The first-order valence-corrected chi connectivity index (χ1v) is 8.74. The van der Waals surface area contributed by atoms with Gasteiger partial charge in [-0.15, -0.1) is 0 Å². The minimum Gasteiger partial charge on any atom is -0.444 e. The van der Waals surface area contributed by atoms with Gasteiger partial charge in [0.2, 0.25) is 0 Å². The highest BCUT2D eigenvalue weighted by Gasteiger charge is 2.28. The monoisotopic (exact) mass is 360 g/mol. The van der Waals surface area contributed by atoms with Gasteiger partial charge in [0.25, 0.3) is 5.56 Å². The zero-order valence-corrected chi connectivity index (χ0v) is 15.3. The Balaban J connectivity index is 1.82. The van der Waals surface area contributed by atoms with E-state index >= 15 is 0 Å². The van der Waals surface area contributed by atoms with Crippen LogP contribution in [-0.4, -0.2) is 49.3 Å². The molecule has 26 heavy (non-hydrogen) atoms. The third-order valence-electron chi connectivity index (χ3n) is 4.34. The van der Waals surface area contributed by atoms with Crippen molar-refractivity contribution >= 4 is 17.3 Å². The molecule has 3 rings (SSSR count). The first kappa shape index (κ1) is 18.3. The number of carbonyl (C=O) groups excluding carboxylic acids is 1. The Kier molecular flexibility index (Phi) is 4.95. The van der Waals surface area contributed by atoms with E-state index in [1.165, 1.54) is 6.20 Å². The van der Waals surface area contributed by atoms with E-state index in [9.17, 15) is 14.7 Å². The number of rotatable bonds is 2. The highest BCUT2D eigenvalue weighted by molar-refractivity contribution is 5.70. The number of aromatic nitrogens is 3. The molecule has 1 aliphatic rings. The molecule has 8 nitrogen and oxygen atoms in total. The molecule has 0 spiro atoms. The van der Waals surface area contributed by atoms with Crippen molar-refractivity contribution in [1.82, 2.24) is 19.4 Å². The Morgan fingerprint density at radius 1 is 1.31 bits per heavy atom. The molecule has 8 heteroatoms. The van der Waals surface area contributed by atoms with Gasteiger partial charge in [-0.05, 0) is 45.7 Å².